The van der Waals surface area contributed by atoms with Crippen molar-refractivity contribution in [2.24, 2.45) is 5.73 Å². The van der Waals surface area contributed by atoms with Gasteiger partial charge >= 0.3 is 0 Å². The zero-order valence-corrected chi connectivity index (χ0v) is 14.5. The summed E-state index contributed by atoms with van der Waals surface area (Å²) in [6.07, 6.45) is 6.72. The quantitative estimate of drug-likeness (QED) is 0.746. The van der Waals surface area contributed by atoms with Gasteiger partial charge in [-0.2, -0.15) is 10.1 Å². The van der Waals surface area contributed by atoms with Crippen LogP contribution in [-0.2, 0) is 18.5 Å². The van der Waals surface area contributed by atoms with Crippen molar-refractivity contribution in [2.45, 2.75) is 51.1 Å². The first-order chi connectivity index (χ1) is 12.2. The number of nitrogens with zero attached hydrogens (tertiary/aromatic N) is 4. The van der Waals surface area contributed by atoms with Gasteiger partial charge in [-0.1, -0.05) is 48.8 Å². The van der Waals surface area contributed by atoms with Crippen molar-refractivity contribution in [2.75, 3.05) is 0 Å². The van der Waals surface area contributed by atoms with E-state index in [-0.39, 0.29) is 0 Å². The number of rotatable bonds is 6. The van der Waals surface area contributed by atoms with Crippen molar-refractivity contribution in [1.29, 1.82) is 0 Å². The van der Waals surface area contributed by atoms with E-state index in [2.05, 4.69) is 34.3 Å². The Morgan fingerprint density at radius 1 is 1.24 bits per heavy atom. The Balaban J connectivity index is 1.65. The minimum atomic E-state index is -0.410. The van der Waals surface area contributed by atoms with Crippen LogP contribution < -0.4 is 5.73 Å². The molecular formula is C19H23N5O. The molecule has 1 aliphatic carbocycles. The number of hydrogen-bond donors (Lipinski definition) is 1. The molecule has 0 aliphatic heterocycles. The summed E-state index contributed by atoms with van der Waals surface area (Å²) in [4.78, 5) is 4.58. The predicted octanol–water partition coefficient (Wildman–Crippen LogP) is 3.27. The van der Waals surface area contributed by atoms with E-state index < -0.39 is 5.54 Å². The molecule has 2 heterocycles. The van der Waals surface area contributed by atoms with E-state index in [1.165, 1.54) is 5.56 Å². The van der Waals surface area contributed by atoms with Crippen LogP contribution in [0.3, 0.4) is 0 Å². The Labute approximate surface area is 147 Å². The molecule has 0 unspecified atom stereocenters. The first kappa shape index (κ1) is 16.0. The summed E-state index contributed by atoms with van der Waals surface area (Å²) >= 11 is 0. The van der Waals surface area contributed by atoms with Crippen LogP contribution in [0.2, 0.25) is 0 Å². The van der Waals surface area contributed by atoms with Crippen molar-refractivity contribution < 1.29 is 4.52 Å². The van der Waals surface area contributed by atoms with Gasteiger partial charge in [0, 0.05) is 0 Å². The molecule has 2 N–H and O–H groups in total. The maximum Gasteiger partial charge on any atom is 0.261 e. The van der Waals surface area contributed by atoms with Gasteiger partial charge in [-0.05, 0) is 31.2 Å². The van der Waals surface area contributed by atoms with Crippen molar-refractivity contribution in [1.82, 2.24) is 19.9 Å². The van der Waals surface area contributed by atoms with Crippen LogP contribution in [0.5, 0.6) is 0 Å². The molecule has 2 aromatic heterocycles. The highest BCUT2D eigenvalue weighted by atomic mass is 16.5. The lowest BCUT2D eigenvalue weighted by Crippen LogP contribution is -2.44. The van der Waals surface area contributed by atoms with Gasteiger partial charge in [-0.15, -0.1) is 0 Å². The highest BCUT2D eigenvalue weighted by molar-refractivity contribution is 5.55. The average Bonchev–Trinajstić information content (AvgIpc) is 3.22. The van der Waals surface area contributed by atoms with Gasteiger partial charge in [0.1, 0.15) is 0 Å². The van der Waals surface area contributed by atoms with Crippen molar-refractivity contribution in [3.8, 4) is 11.5 Å². The molecule has 6 heteroatoms. The molecule has 3 aromatic rings. The second-order valence-electron chi connectivity index (χ2n) is 6.83. The summed E-state index contributed by atoms with van der Waals surface area (Å²) in [5.74, 6) is 1.14. The van der Waals surface area contributed by atoms with E-state index in [9.17, 15) is 0 Å². The number of hydrogen-bond acceptors (Lipinski definition) is 5. The zero-order valence-electron chi connectivity index (χ0n) is 14.5. The molecule has 1 aromatic carbocycles. The van der Waals surface area contributed by atoms with E-state index in [0.29, 0.717) is 11.7 Å². The lowest BCUT2D eigenvalue weighted by molar-refractivity contribution is 0.229. The van der Waals surface area contributed by atoms with Gasteiger partial charge in [0.15, 0.2) is 5.82 Å². The van der Waals surface area contributed by atoms with Crippen LogP contribution in [0.15, 0.2) is 41.1 Å². The smallest absolute Gasteiger partial charge is 0.261 e. The monoisotopic (exact) mass is 337 g/mol. The molecule has 0 saturated heterocycles. The third kappa shape index (κ3) is 2.98. The van der Waals surface area contributed by atoms with E-state index in [1.807, 2.05) is 29.1 Å². The third-order valence-electron chi connectivity index (χ3n) is 4.96. The largest absolute Gasteiger partial charge is 0.334 e. The zero-order chi connectivity index (χ0) is 17.3. The normalized spacial score (nSPS) is 15.9. The Morgan fingerprint density at radius 2 is 2.04 bits per heavy atom. The molecular weight excluding hydrogens is 314 g/mol. The molecule has 0 amide bonds. The Bertz CT molecular complexity index is 848. The molecule has 0 spiro atoms. The maximum atomic E-state index is 6.31. The summed E-state index contributed by atoms with van der Waals surface area (Å²) in [5, 5.41) is 8.70. The number of benzene rings is 1. The van der Waals surface area contributed by atoms with Gasteiger partial charge in [0.2, 0.25) is 0 Å². The topological polar surface area (TPSA) is 82.8 Å². The second-order valence-corrected chi connectivity index (χ2v) is 6.83. The number of aromatic nitrogens is 4. The van der Waals surface area contributed by atoms with Gasteiger partial charge < -0.3 is 10.3 Å². The fourth-order valence-corrected chi connectivity index (χ4v) is 3.30. The third-order valence-corrected chi connectivity index (χ3v) is 4.96. The van der Waals surface area contributed by atoms with Crippen LogP contribution in [0.4, 0.5) is 0 Å². The SMILES string of the molecule is CCCc1c(-c2nc(C3(N)CCC3)no2)cnn1Cc1ccccc1. The molecule has 6 nitrogen and oxygen atoms in total. The summed E-state index contributed by atoms with van der Waals surface area (Å²) in [6.45, 7) is 2.89. The van der Waals surface area contributed by atoms with Crippen LogP contribution in [0, 0.1) is 0 Å². The average molecular weight is 337 g/mol. The maximum absolute atomic E-state index is 6.31. The van der Waals surface area contributed by atoms with Crippen molar-refractivity contribution in [3.05, 3.63) is 53.6 Å². The van der Waals surface area contributed by atoms with Crippen molar-refractivity contribution >= 4 is 0 Å². The Morgan fingerprint density at radius 3 is 2.72 bits per heavy atom. The van der Waals surface area contributed by atoms with Crippen LogP contribution in [-0.4, -0.2) is 19.9 Å². The lowest BCUT2D eigenvalue weighted by Gasteiger charge is -2.34. The van der Waals surface area contributed by atoms with Gasteiger partial charge in [-0.25, -0.2) is 0 Å². The van der Waals surface area contributed by atoms with Crippen LogP contribution in [0.25, 0.3) is 11.5 Å². The van der Waals surface area contributed by atoms with E-state index in [4.69, 9.17) is 10.3 Å². The first-order valence-electron chi connectivity index (χ1n) is 8.91. The highest BCUT2D eigenvalue weighted by Crippen LogP contribution is 2.38. The molecule has 1 fully saturated rings. The van der Waals surface area contributed by atoms with Gasteiger partial charge in [0.25, 0.3) is 5.89 Å². The highest BCUT2D eigenvalue weighted by Gasteiger charge is 2.39. The van der Waals surface area contributed by atoms with Gasteiger partial charge in [-0.3, -0.25) is 4.68 Å². The standard InChI is InChI=1S/C19H23N5O/c1-2-7-16-15(12-21-24(16)13-14-8-4-3-5-9-14)17-22-18(23-25-17)19(20)10-6-11-19/h3-5,8-9,12H,2,6-7,10-11,13,20H2,1H3. The summed E-state index contributed by atoms with van der Waals surface area (Å²) in [5.41, 5.74) is 9.16. The minimum Gasteiger partial charge on any atom is -0.334 e. The lowest BCUT2D eigenvalue weighted by atomic mass is 9.77. The molecule has 0 radical (unpaired) electrons. The van der Waals surface area contributed by atoms with E-state index >= 15 is 0 Å². The fraction of sp³-hybridized carbons (Fsp3) is 0.421. The number of nitrogens with two attached hydrogens (primary N) is 1. The molecule has 1 saturated carbocycles. The molecule has 25 heavy (non-hydrogen) atoms. The molecule has 0 bridgehead atoms. The van der Waals surface area contributed by atoms with E-state index in [1.54, 1.807) is 0 Å². The van der Waals surface area contributed by atoms with Crippen LogP contribution >= 0.6 is 0 Å². The Hall–Kier alpha value is -2.47. The second kappa shape index (κ2) is 6.44. The first-order valence-corrected chi connectivity index (χ1v) is 8.91. The molecule has 1 aliphatic rings. The summed E-state index contributed by atoms with van der Waals surface area (Å²) < 4.78 is 7.56. The predicted molar refractivity (Wildman–Crippen MR) is 94.8 cm³/mol. The molecule has 0 atom stereocenters. The fourth-order valence-electron chi connectivity index (χ4n) is 3.30. The molecule has 4 rings (SSSR count). The van der Waals surface area contributed by atoms with Gasteiger partial charge in [0.05, 0.1) is 29.5 Å². The summed E-state index contributed by atoms with van der Waals surface area (Å²) in [6, 6.07) is 10.3. The van der Waals surface area contributed by atoms with Crippen molar-refractivity contribution in [3.63, 3.8) is 0 Å². The molecule has 130 valence electrons. The Kier molecular flexibility index (Phi) is 4.13. The van der Waals surface area contributed by atoms with E-state index in [0.717, 1.165) is 49.9 Å². The summed E-state index contributed by atoms with van der Waals surface area (Å²) in [7, 11) is 0. The minimum absolute atomic E-state index is 0.410. The van der Waals surface area contributed by atoms with Crippen LogP contribution in [0.1, 0.15) is 49.7 Å².